The molecule has 2 nitrogen and oxygen atoms in total. The maximum absolute atomic E-state index is 6.50. The first-order chi connectivity index (χ1) is 1.00. The van der Waals surface area contributed by atoms with E-state index in [1.165, 1.54) is 0 Å². The molecule has 0 spiro atoms. The van der Waals surface area contributed by atoms with Crippen molar-refractivity contribution in [1.82, 2.24) is 0 Å². The molecule has 49 valence electrons. The van der Waals surface area contributed by atoms with Gasteiger partial charge in [0.2, 0.25) is 0 Å². The van der Waals surface area contributed by atoms with E-state index in [4.69, 9.17) is 5.21 Å². The minimum absolute atomic E-state index is 0. The molecule has 0 aromatic heterocycles. The van der Waals surface area contributed by atoms with Crippen molar-refractivity contribution in [2.45, 2.75) is 0 Å². The molecule has 0 bridgehead atoms. The Morgan fingerprint density at radius 3 is 0.833 bits per heavy atom. The summed E-state index contributed by atoms with van der Waals surface area (Å²) in [4.78, 5) is 0. The Labute approximate surface area is 93.7 Å². The fourth-order valence-corrected chi connectivity index (χ4v) is 0. The van der Waals surface area contributed by atoms with Gasteiger partial charge in [0.05, 0.1) is 0 Å². The zero-order chi connectivity index (χ0) is 2.00. The van der Waals surface area contributed by atoms with Crippen LogP contribution in [0.15, 0.2) is 0 Å². The van der Waals surface area contributed by atoms with E-state index in [-0.39, 0.29) is 84.1 Å². The second-order valence-electron chi connectivity index (χ2n) is 0. The number of hydrogen-bond donors (Lipinski definition) is 2. The first-order valence-electron chi connectivity index (χ1n) is 0.258. The van der Waals surface area contributed by atoms with Gasteiger partial charge in [0.15, 0.2) is 0 Å². The number of nitrogens with two attached hydrogens (primary N) is 1. The van der Waals surface area contributed by atoms with Gasteiger partial charge in [-0.25, -0.2) is 5.90 Å². The van der Waals surface area contributed by atoms with Crippen LogP contribution in [0.4, 0.5) is 0 Å². The van der Waals surface area contributed by atoms with Gasteiger partial charge in [-0.05, 0) is 0 Å². The van der Waals surface area contributed by atoms with E-state index in [1.807, 2.05) is 0 Å². The third-order valence-electron chi connectivity index (χ3n) is 0. The molecule has 0 aromatic carbocycles. The summed E-state index contributed by atoms with van der Waals surface area (Å²) in [7, 11) is 0. The molecule has 0 aromatic rings. The molecule has 0 aliphatic carbocycles. The third-order valence-corrected chi connectivity index (χ3v) is 0. The van der Waals surface area contributed by atoms with E-state index < -0.39 is 0 Å². The average Bonchev–Trinajstić information content (AvgIpc) is 1.00. The SMILES string of the molecule is NO.[Cl-].[Cl-].[Cl-].[Yb+3]. The van der Waals surface area contributed by atoms with Crippen molar-refractivity contribution in [2.24, 2.45) is 5.90 Å². The smallest absolute Gasteiger partial charge is 1.00 e. The normalized spacial score (nSPS) is 1.00. The van der Waals surface area contributed by atoms with Crippen LogP contribution in [0.2, 0.25) is 0 Å². The minimum atomic E-state index is 0. The van der Waals surface area contributed by atoms with Crippen LogP contribution in [0.3, 0.4) is 0 Å². The standard InChI is InChI=1S/3ClH.H3NO.Yb/c;;;1-2;/h3*1H;2H,1H2;/q;;;;+3/p-3. The molecule has 0 aliphatic heterocycles. The van der Waals surface area contributed by atoms with Gasteiger partial charge in [-0.2, -0.15) is 0 Å². The Hall–Kier alpha value is 2.31. The van der Waals surface area contributed by atoms with Crippen LogP contribution in [-0.2, 0) is 0 Å². The van der Waals surface area contributed by atoms with Gasteiger partial charge in [0.25, 0.3) is 0 Å². The molecular weight excluding hydrogens is 309 g/mol. The van der Waals surface area contributed by atoms with Gasteiger partial charge in [0, 0.05) is 0 Å². The Balaban J connectivity index is -0.000000000833. The molecule has 0 amide bonds. The molecule has 6 heteroatoms. The fourth-order valence-electron chi connectivity index (χ4n) is 0. The monoisotopic (exact) mass is 312 g/mol. The molecule has 0 heterocycles. The molecule has 0 saturated carbocycles. The average molecular weight is 312 g/mol. The summed E-state index contributed by atoms with van der Waals surface area (Å²) < 4.78 is 0. The van der Waals surface area contributed by atoms with Gasteiger partial charge < -0.3 is 42.4 Å². The second kappa shape index (κ2) is 54.6. The van der Waals surface area contributed by atoms with E-state index in [2.05, 4.69) is 5.90 Å². The summed E-state index contributed by atoms with van der Waals surface area (Å²) >= 11 is 0. The molecule has 0 atom stereocenters. The summed E-state index contributed by atoms with van der Waals surface area (Å²) in [6.45, 7) is 0. The van der Waals surface area contributed by atoms with Crippen molar-refractivity contribution in [3.8, 4) is 0 Å². The second-order valence-corrected chi connectivity index (χ2v) is 0. The molecule has 3 N–H and O–H groups in total. The van der Waals surface area contributed by atoms with E-state index in [0.717, 1.165) is 0 Å². The molecular formula is H3Cl3NOYb. The van der Waals surface area contributed by atoms with Crippen LogP contribution in [-0.4, -0.2) is 5.21 Å². The van der Waals surface area contributed by atoms with Crippen LogP contribution in [0.1, 0.15) is 0 Å². The third kappa shape index (κ3) is 33.3. The van der Waals surface area contributed by atoms with E-state index >= 15 is 0 Å². The topological polar surface area (TPSA) is 46.2 Å². The van der Waals surface area contributed by atoms with Crippen molar-refractivity contribution >= 4 is 0 Å². The van der Waals surface area contributed by atoms with Crippen molar-refractivity contribution in [3.63, 3.8) is 0 Å². The van der Waals surface area contributed by atoms with Gasteiger partial charge in [-0.15, -0.1) is 0 Å². The number of hydrogen-bond acceptors (Lipinski definition) is 2. The predicted molar refractivity (Wildman–Crippen MR) is 5.97 cm³/mol. The Morgan fingerprint density at radius 1 is 0.833 bits per heavy atom. The minimum Gasteiger partial charge on any atom is -1.00 e. The maximum atomic E-state index is 6.50. The quantitative estimate of drug-likeness (QED) is 0.437. The largest absolute Gasteiger partial charge is 3.00 e. The van der Waals surface area contributed by atoms with Crippen LogP contribution >= 0.6 is 0 Å². The summed E-state index contributed by atoms with van der Waals surface area (Å²) in [6, 6.07) is 0. The van der Waals surface area contributed by atoms with Crippen LogP contribution in [0, 0.1) is 46.9 Å². The first kappa shape index (κ1) is 40.5. The molecule has 0 saturated heterocycles. The maximum Gasteiger partial charge on any atom is 3.00 e. The van der Waals surface area contributed by atoms with Crippen LogP contribution in [0.5, 0.6) is 0 Å². The van der Waals surface area contributed by atoms with Crippen molar-refractivity contribution in [1.29, 1.82) is 0 Å². The van der Waals surface area contributed by atoms with E-state index in [0.29, 0.717) is 0 Å². The predicted octanol–water partition coefficient (Wildman–Crippen LogP) is -9.65. The van der Waals surface area contributed by atoms with Gasteiger partial charge in [-0.1, -0.05) is 0 Å². The van der Waals surface area contributed by atoms with Gasteiger partial charge in [-0.3, -0.25) is 0 Å². The Morgan fingerprint density at radius 2 is 0.833 bits per heavy atom. The van der Waals surface area contributed by atoms with Gasteiger partial charge >= 0.3 is 46.9 Å². The van der Waals surface area contributed by atoms with Crippen LogP contribution < -0.4 is 43.1 Å². The zero-order valence-corrected chi connectivity index (χ0v) is 6.41. The van der Waals surface area contributed by atoms with Crippen molar-refractivity contribution < 1.29 is 89.4 Å². The summed E-state index contributed by atoms with van der Waals surface area (Å²) in [6.07, 6.45) is 0. The summed E-state index contributed by atoms with van der Waals surface area (Å²) in [5, 5.41) is 6.50. The molecule has 1 radical (unpaired) electrons. The summed E-state index contributed by atoms with van der Waals surface area (Å²) in [5.74, 6) is 3.50. The van der Waals surface area contributed by atoms with Crippen molar-refractivity contribution in [2.75, 3.05) is 0 Å². The number of rotatable bonds is 0. The molecule has 0 aliphatic rings. The Kier molecular flexibility index (Phi) is 369. The van der Waals surface area contributed by atoms with Crippen LogP contribution in [0.25, 0.3) is 0 Å². The van der Waals surface area contributed by atoms with E-state index in [9.17, 15) is 0 Å². The van der Waals surface area contributed by atoms with Crippen molar-refractivity contribution in [3.05, 3.63) is 0 Å². The van der Waals surface area contributed by atoms with Gasteiger partial charge in [0.1, 0.15) is 0 Å². The molecule has 6 heavy (non-hydrogen) atoms. The fraction of sp³-hybridized carbons (Fsp3) is 0. The first-order valence-corrected chi connectivity index (χ1v) is 0.258. The van der Waals surface area contributed by atoms with E-state index in [1.54, 1.807) is 0 Å². The Bertz CT molecular complexity index is 10.8. The molecule has 0 unspecified atom stereocenters. The molecule has 0 rings (SSSR count). The zero-order valence-electron chi connectivity index (χ0n) is 2.43. The number of halogens is 3. The summed E-state index contributed by atoms with van der Waals surface area (Å²) in [5.41, 5.74) is 0. The molecule has 0 fully saturated rings.